The van der Waals surface area contributed by atoms with E-state index in [4.69, 9.17) is 10.00 Å². The van der Waals surface area contributed by atoms with Gasteiger partial charge in [-0.2, -0.15) is 5.26 Å². The van der Waals surface area contributed by atoms with Gasteiger partial charge in [-0.15, -0.1) is 0 Å². The van der Waals surface area contributed by atoms with E-state index in [1.807, 2.05) is 6.07 Å². The summed E-state index contributed by atoms with van der Waals surface area (Å²) >= 11 is 0. The average Bonchev–Trinajstić information content (AvgIpc) is 2.90. The molecule has 130 valence electrons. The molecule has 3 atom stereocenters. The van der Waals surface area contributed by atoms with E-state index in [0.29, 0.717) is 5.56 Å². The second-order valence-electron chi connectivity index (χ2n) is 6.64. The number of benzene rings is 1. The zero-order valence-corrected chi connectivity index (χ0v) is 14.1. The van der Waals surface area contributed by atoms with Crippen molar-refractivity contribution in [2.75, 3.05) is 0 Å². The quantitative estimate of drug-likeness (QED) is 0.619. The molecule has 3 rings (SSSR count). The first-order valence-electron chi connectivity index (χ1n) is 8.55. The number of esters is 1. The molecule has 0 radical (unpaired) electrons. The van der Waals surface area contributed by atoms with Crippen LogP contribution in [0.3, 0.4) is 0 Å². The van der Waals surface area contributed by atoms with Crippen molar-refractivity contribution in [2.24, 2.45) is 11.8 Å². The maximum atomic E-state index is 12.5. The monoisotopic (exact) mass is 340 g/mol. The molecule has 1 saturated heterocycles. The van der Waals surface area contributed by atoms with E-state index in [9.17, 15) is 14.4 Å². The molecule has 1 aliphatic carbocycles. The van der Waals surface area contributed by atoms with Crippen molar-refractivity contribution in [2.45, 2.75) is 45.3 Å². The number of fused-ring (bicyclic) bond motifs is 1. The number of nitriles is 1. The molecule has 2 aliphatic rings. The SMILES string of the molecule is C[C@@H](C(=O)OCc1ccc(C#N)cc1)N1C(=O)[C@@H]2CCCC[C@H]2C1=O. The third-order valence-electron chi connectivity index (χ3n) is 5.07. The number of amides is 2. The molecule has 1 heterocycles. The zero-order chi connectivity index (χ0) is 18.0. The van der Waals surface area contributed by atoms with Gasteiger partial charge in [0, 0.05) is 0 Å². The van der Waals surface area contributed by atoms with E-state index in [1.165, 1.54) is 6.92 Å². The Kier molecular flexibility index (Phi) is 4.84. The zero-order valence-electron chi connectivity index (χ0n) is 14.1. The number of carbonyl (C=O) groups excluding carboxylic acids is 3. The number of likely N-dealkylation sites (tertiary alicyclic amines) is 1. The lowest BCUT2D eigenvalue weighted by Crippen LogP contribution is -2.44. The normalized spacial score (nSPS) is 23.8. The fraction of sp³-hybridized carbons (Fsp3) is 0.474. The molecule has 6 nitrogen and oxygen atoms in total. The first-order chi connectivity index (χ1) is 12.0. The summed E-state index contributed by atoms with van der Waals surface area (Å²) in [4.78, 5) is 38.4. The van der Waals surface area contributed by atoms with Crippen LogP contribution in [0, 0.1) is 23.2 Å². The van der Waals surface area contributed by atoms with Crippen molar-refractivity contribution in [1.82, 2.24) is 4.90 Å². The Hall–Kier alpha value is -2.68. The molecule has 2 fully saturated rings. The lowest BCUT2D eigenvalue weighted by atomic mass is 9.81. The Labute approximate surface area is 146 Å². The molecule has 25 heavy (non-hydrogen) atoms. The Morgan fingerprint density at radius 3 is 2.28 bits per heavy atom. The van der Waals surface area contributed by atoms with Crippen molar-refractivity contribution in [3.05, 3.63) is 35.4 Å². The summed E-state index contributed by atoms with van der Waals surface area (Å²) in [5.41, 5.74) is 1.27. The second-order valence-corrected chi connectivity index (χ2v) is 6.64. The summed E-state index contributed by atoms with van der Waals surface area (Å²) in [5.74, 6) is -1.61. The third kappa shape index (κ3) is 3.27. The van der Waals surface area contributed by atoms with Crippen LogP contribution in [0.25, 0.3) is 0 Å². The number of rotatable bonds is 4. The van der Waals surface area contributed by atoms with Gasteiger partial charge in [-0.1, -0.05) is 25.0 Å². The number of hydrogen-bond acceptors (Lipinski definition) is 5. The lowest BCUT2D eigenvalue weighted by molar-refractivity contribution is -0.159. The van der Waals surface area contributed by atoms with Crippen LogP contribution in [0.4, 0.5) is 0 Å². The summed E-state index contributed by atoms with van der Waals surface area (Å²) in [5, 5.41) is 8.77. The molecular formula is C19H20N2O4. The third-order valence-corrected chi connectivity index (χ3v) is 5.07. The van der Waals surface area contributed by atoms with Gasteiger partial charge in [0.05, 0.1) is 23.5 Å². The Morgan fingerprint density at radius 2 is 1.76 bits per heavy atom. The van der Waals surface area contributed by atoms with Crippen LogP contribution < -0.4 is 0 Å². The number of nitrogens with zero attached hydrogens (tertiary/aromatic N) is 2. The van der Waals surface area contributed by atoms with E-state index in [2.05, 4.69) is 0 Å². The van der Waals surface area contributed by atoms with Crippen molar-refractivity contribution >= 4 is 17.8 Å². The summed E-state index contributed by atoms with van der Waals surface area (Å²) < 4.78 is 5.26. The fourth-order valence-electron chi connectivity index (χ4n) is 3.63. The predicted molar refractivity (Wildman–Crippen MR) is 87.7 cm³/mol. The van der Waals surface area contributed by atoms with Gasteiger partial charge < -0.3 is 4.74 Å². The molecule has 0 spiro atoms. The summed E-state index contributed by atoms with van der Waals surface area (Å²) in [7, 11) is 0. The maximum absolute atomic E-state index is 12.5. The maximum Gasteiger partial charge on any atom is 0.329 e. The largest absolute Gasteiger partial charge is 0.459 e. The smallest absolute Gasteiger partial charge is 0.329 e. The Bertz CT molecular complexity index is 711. The van der Waals surface area contributed by atoms with Gasteiger partial charge in [0.2, 0.25) is 11.8 Å². The molecule has 1 aromatic rings. The van der Waals surface area contributed by atoms with Gasteiger partial charge in [0.1, 0.15) is 12.6 Å². The second kappa shape index (κ2) is 7.06. The first-order valence-corrected chi connectivity index (χ1v) is 8.55. The predicted octanol–water partition coefficient (Wildman–Crippen LogP) is 2.17. The van der Waals surface area contributed by atoms with E-state index in [0.717, 1.165) is 36.1 Å². The number of carbonyl (C=O) groups is 3. The van der Waals surface area contributed by atoms with Crippen LogP contribution in [-0.2, 0) is 25.7 Å². The van der Waals surface area contributed by atoms with Crippen LogP contribution in [-0.4, -0.2) is 28.7 Å². The van der Waals surface area contributed by atoms with Crippen molar-refractivity contribution in [3.8, 4) is 6.07 Å². The highest BCUT2D eigenvalue weighted by Gasteiger charge is 2.51. The molecule has 0 bridgehead atoms. The van der Waals surface area contributed by atoms with Gasteiger partial charge >= 0.3 is 5.97 Å². The minimum absolute atomic E-state index is 0.0396. The number of ether oxygens (including phenoxy) is 1. The Morgan fingerprint density at radius 1 is 1.20 bits per heavy atom. The van der Waals surface area contributed by atoms with Crippen LogP contribution in [0.1, 0.15) is 43.7 Å². The highest BCUT2D eigenvalue weighted by molar-refractivity contribution is 6.07. The fourth-order valence-corrected chi connectivity index (χ4v) is 3.63. The van der Waals surface area contributed by atoms with E-state index in [1.54, 1.807) is 24.3 Å². The molecular weight excluding hydrogens is 320 g/mol. The average molecular weight is 340 g/mol. The van der Waals surface area contributed by atoms with Crippen LogP contribution >= 0.6 is 0 Å². The topological polar surface area (TPSA) is 87.5 Å². The van der Waals surface area contributed by atoms with Crippen LogP contribution in [0.15, 0.2) is 24.3 Å². The minimum atomic E-state index is -0.913. The molecule has 1 saturated carbocycles. The molecule has 1 aliphatic heterocycles. The van der Waals surface area contributed by atoms with Crippen LogP contribution in [0.2, 0.25) is 0 Å². The van der Waals surface area contributed by atoms with Gasteiger partial charge in [0.25, 0.3) is 0 Å². The van der Waals surface area contributed by atoms with Gasteiger partial charge in [-0.3, -0.25) is 14.5 Å². The summed E-state index contributed by atoms with van der Waals surface area (Å²) in [6, 6.07) is 7.80. The lowest BCUT2D eigenvalue weighted by Gasteiger charge is -2.21. The van der Waals surface area contributed by atoms with E-state index >= 15 is 0 Å². The molecule has 0 N–H and O–H groups in total. The molecule has 0 aromatic heterocycles. The number of hydrogen-bond donors (Lipinski definition) is 0. The van der Waals surface area contributed by atoms with Gasteiger partial charge in [-0.05, 0) is 37.5 Å². The van der Waals surface area contributed by atoms with Gasteiger partial charge in [-0.25, -0.2) is 4.79 Å². The highest BCUT2D eigenvalue weighted by atomic mass is 16.5. The summed E-state index contributed by atoms with van der Waals surface area (Å²) in [6.45, 7) is 1.58. The standard InChI is InChI=1S/C19H20N2O4/c1-12(19(24)25-11-14-8-6-13(10-20)7-9-14)21-17(22)15-4-2-3-5-16(15)18(21)23/h6-9,12,15-16H,2-5,11H2,1H3/t12-,15+,16+/m0/s1. The molecule has 2 amide bonds. The first kappa shape index (κ1) is 17.2. The van der Waals surface area contributed by atoms with Crippen molar-refractivity contribution in [1.29, 1.82) is 5.26 Å². The van der Waals surface area contributed by atoms with E-state index < -0.39 is 12.0 Å². The summed E-state index contributed by atoms with van der Waals surface area (Å²) in [6.07, 6.45) is 3.34. The van der Waals surface area contributed by atoms with Crippen LogP contribution in [0.5, 0.6) is 0 Å². The molecule has 1 aromatic carbocycles. The molecule has 0 unspecified atom stereocenters. The molecule has 6 heteroatoms. The van der Waals surface area contributed by atoms with Crippen molar-refractivity contribution < 1.29 is 19.1 Å². The van der Waals surface area contributed by atoms with E-state index in [-0.39, 0.29) is 30.3 Å². The Balaban J connectivity index is 1.62. The number of imide groups is 1. The highest BCUT2D eigenvalue weighted by Crippen LogP contribution is 2.38. The minimum Gasteiger partial charge on any atom is -0.459 e. The van der Waals surface area contributed by atoms with Crippen molar-refractivity contribution in [3.63, 3.8) is 0 Å². The van der Waals surface area contributed by atoms with Gasteiger partial charge in [0.15, 0.2) is 0 Å².